The molecule has 1 saturated carbocycles. The Morgan fingerprint density at radius 1 is 1.29 bits per heavy atom. The summed E-state index contributed by atoms with van der Waals surface area (Å²) in [4.78, 5) is 29.9. The standard InChI is InChI=1S/C22H30BN3O2.H2/c1-22(2)14-26(21(28)18-9-8-15(23)11-19(18)22)13-20(27)24-16-5-4-10-25(12-16)17-6-3-7-17;/h8-9,11,16-17H,3-7,10,12-14H2,1-2H3,(H,24,27);1H/t16-;/m1./s1. The number of hydrogen-bond donors (Lipinski definition) is 1. The van der Waals surface area contributed by atoms with Crippen LogP contribution in [0.1, 0.15) is 63.3 Å². The van der Waals surface area contributed by atoms with Crippen LogP contribution in [0.4, 0.5) is 0 Å². The van der Waals surface area contributed by atoms with Gasteiger partial charge in [0, 0.05) is 37.6 Å². The molecule has 6 heteroatoms. The fraction of sp³-hybridized carbons (Fsp3) is 0.636. The van der Waals surface area contributed by atoms with Gasteiger partial charge in [-0.3, -0.25) is 14.5 Å². The zero-order valence-corrected chi connectivity index (χ0v) is 17.0. The molecule has 2 amide bonds. The van der Waals surface area contributed by atoms with Crippen molar-refractivity contribution in [2.75, 3.05) is 26.2 Å². The number of hydrogen-bond acceptors (Lipinski definition) is 3. The Hall–Kier alpha value is -1.82. The van der Waals surface area contributed by atoms with Crippen molar-refractivity contribution in [2.24, 2.45) is 0 Å². The quantitative estimate of drug-likeness (QED) is 0.806. The van der Waals surface area contributed by atoms with Crippen LogP contribution in [0.15, 0.2) is 18.2 Å². The average molecular weight is 381 g/mol. The first kappa shape index (κ1) is 19.5. The van der Waals surface area contributed by atoms with E-state index in [-0.39, 0.29) is 31.2 Å². The first-order chi connectivity index (χ1) is 13.3. The van der Waals surface area contributed by atoms with E-state index in [9.17, 15) is 9.59 Å². The number of nitrogens with zero attached hydrogens (tertiary/aromatic N) is 2. The topological polar surface area (TPSA) is 52.7 Å². The van der Waals surface area contributed by atoms with Gasteiger partial charge in [0.15, 0.2) is 0 Å². The third-order valence-corrected chi connectivity index (χ3v) is 6.62. The molecule has 3 aliphatic rings. The molecule has 150 valence electrons. The van der Waals surface area contributed by atoms with Crippen molar-refractivity contribution >= 4 is 25.1 Å². The summed E-state index contributed by atoms with van der Waals surface area (Å²) >= 11 is 0. The summed E-state index contributed by atoms with van der Waals surface area (Å²) in [5.74, 6) is -0.132. The number of piperidine rings is 1. The highest BCUT2D eigenvalue weighted by Gasteiger charge is 2.37. The van der Waals surface area contributed by atoms with Crippen molar-refractivity contribution in [3.63, 3.8) is 0 Å². The Morgan fingerprint density at radius 3 is 2.79 bits per heavy atom. The van der Waals surface area contributed by atoms with Crippen molar-refractivity contribution in [1.82, 2.24) is 15.1 Å². The maximum absolute atomic E-state index is 12.9. The van der Waals surface area contributed by atoms with Gasteiger partial charge in [-0.05, 0) is 43.9 Å². The number of carbonyl (C=O) groups excluding carboxylic acids is 2. The number of likely N-dealkylation sites (tertiary alicyclic amines) is 1. The average Bonchev–Trinajstić information content (AvgIpc) is 2.58. The fourth-order valence-corrected chi connectivity index (χ4v) is 4.89. The van der Waals surface area contributed by atoms with E-state index < -0.39 is 0 Å². The highest BCUT2D eigenvalue weighted by atomic mass is 16.2. The van der Waals surface area contributed by atoms with Crippen LogP contribution in [0.2, 0.25) is 0 Å². The molecule has 0 aromatic heterocycles. The van der Waals surface area contributed by atoms with Gasteiger partial charge in [0.2, 0.25) is 5.91 Å². The largest absolute Gasteiger partial charge is 0.351 e. The molecule has 2 heterocycles. The number of benzene rings is 1. The van der Waals surface area contributed by atoms with Crippen LogP contribution in [-0.4, -0.2) is 67.7 Å². The predicted octanol–water partition coefficient (Wildman–Crippen LogP) is 1.59. The zero-order chi connectivity index (χ0) is 19.9. The van der Waals surface area contributed by atoms with E-state index in [2.05, 4.69) is 24.1 Å². The van der Waals surface area contributed by atoms with Crippen LogP contribution < -0.4 is 10.8 Å². The fourth-order valence-electron chi connectivity index (χ4n) is 4.89. The van der Waals surface area contributed by atoms with Crippen LogP contribution in [0.25, 0.3) is 0 Å². The number of amides is 2. The van der Waals surface area contributed by atoms with E-state index in [1.807, 2.05) is 6.07 Å². The Labute approximate surface area is 170 Å². The molecule has 0 bridgehead atoms. The summed E-state index contributed by atoms with van der Waals surface area (Å²) in [6, 6.07) is 6.35. The molecule has 5 nitrogen and oxygen atoms in total. The lowest BCUT2D eigenvalue weighted by atomic mass is 9.75. The van der Waals surface area contributed by atoms with E-state index >= 15 is 0 Å². The summed E-state index contributed by atoms with van der Waals surface area (Å²) in [6.45, 7) is 6.93. The molecule has 1 N–H and O–H groups in total. The van der Waals surface area contributed by atoms with Crippen molar-refractivity contribution in [2.45, 2.75) is 63.5 Å². The first-order valence-electron chi connectivity index (χ1n) is 10.6. The lowest BCUT2D eigenvalue weighted by Crippen LogP contribution is -2.55. The molecule has 0 spiro atoms. The van der Waals surface area contributed by atoms with Gasteiger partial charge in [-0.15, -0.1) is 0 Å². The summed E-state index contributed by atoms with van der Waals surface area (Å²) in [7, 11) is 5.92. The number of nitrogens with one attached hydrogen (secondary N) is 1. The summed E-state index contributed by atoms with van der Waals surface area (Å²) in [5.41, 5.74) is 2.06. The molecule has 28 heavy (non-hydrogen) atoms. The molecule has 2 radical (unpaired) electrons. The minimum absolute atomic E-state index is 0. The third kappa shape index (κ3) is 3.84. The number of fused-ring (bicyclic) bond motifs is 1. The molecule has 0 unspecified atom stereocenters. The number of rotatable bonds is 4. The van der Waals surface area contributed by atoms with Gasteiger partial charge >= 0.3 is 0 Å². The highest BCUT2D eigenvalue weighted by Crippen LogP contribution is 2.32. The Balaban J connectivity index is 0.00000240. The minimum Gasteiger partial charge on any atom is -0.351 e. The molecule has 1 aromatic rings. The van der Waals surface area contributed by atoms with E-state index in [0.717, 1.165) is 31.5 Å². The predicted molar refractivity (Wildman–Crippen MR) is 113 cm³/mol. The Kier molecular flexibility index (Phi) is 5.25. The third-order valence-electron chi connectivity index (χ3n) is 6.62. The van der Waals surface area contributed by atoms with E-state index in [4.69, 9.17) is 7.85 Å². The van der Waals surface area contributed by atoms with Crippen LogP contribution in [0.3, 0.4) is 0 Å². The number of carbonyl (C=O) groups is 2. The second kappa shape index (κ2) is 7.55. The molecule has 1 atom stereocenters. The van der Waals surface area contributed by atoms with Gasteiger partial charge in [-0.1, -0.05) is 37.9 Å². The van der Waals surface area contributed by atoms with E-state index in [1.165, 1.54) is 19.3 Å². The van der Waals surface area contributed by atoms with Crippen LogP contribution in [0, 0.1) is 0 Å². The lowest BCUT2D eigenvalue weighted by molar-refractivity contribution is -0.123. The monoisotopic (exact) mass is 381 g/mol. The van der Waals surface area contributed by atoms with Gasteiger partial charge in [0.25, 0.3) is 5.91 Å². The van der Waals surface area contributed by atoms with Crippen molar-refractivity contribution in [3.8, 4) is 0 Å². The second-order valence-corrected chi connectivity index (χ2v) is 9.34. The zero-order valence-electron chi connectivity index (χ0n) is 17.0. The first-order valence-corrected chi connectivity index (χ1v) is 10.6. The van der Waals surface area contributed by atoms with E-state index in [0.29, 0.717) is 23.6 Å². The van der Waals surface area contributed by atoms with Crippen LogP contribution in [0.5, 0.6) is 0 Å². The maximum Gasteiger partial charge on any atom is 0.254 e. The summed E-state index contributed by atoms with van der Waals surface area (Å²) < 4.78 is 0. The normalized spacial score (nSPS) is 25.1. The highest BCUT2D eigenvalue weighted by molar-refractivity contribution is 6.32. The van der Waals surface area contributed by atoms with Gasteiger partial charge in [-0.25, -0.2) is 0 Å². The van der Waals surface area contributed by atoms with Crippen molar-refractivity contribution < 1.29 is 11.0 Å². The van der Waals surface area contributed by atoms with Gasteiger partial charge in [0.1, 0.15) is 7.85 Å². The lowest BCUT2D eigenvalue weighted by Gasteiger charge is -2.43. The van der Waals surface area contributed by atoms with Crippen molar-refractivity contribution in [1.29, 1.82) is 0 Å². The Bertz CT molecular complexity index is 781. The molecular formula is C22H32BN3O2. The van der Waals surface area contributed by atoms with Crippen LogP contribution >= 0.6 is 0 Å². The molecule has 2 aliphatic heterocycles. The van der Waals surface area contributed by atoms with Crippen LogP contribution in [-0.2, 0) is 10.2 Å². The molecule has 1 saturated heterocycles. The van der Waals surface area contributed by atoms with E-state index in [1.54, 1.807) is 17.0 Å². The molecule has 4 rings (SSSR count). The molecule has 1 aromatic carbocycles. The van der Waals surface area contributed by atoms with Crippen molar-refractivity contribution in [3.05, 3.63) is 29.3 Å². The molecule has 1 aliphatic carbocycles. The van der Waals surface area contributed by atoms with Gasteiger partial charge in [0.05, 0.1) is 6.54 Å². The summed E-state index contributed by atoms with van der Waals surface area (Å²) in [6.07, 6.45) is 6.07. The minimum atomic E-state index is -0.231. The molecular weight excluding hydrogens is 349 g/mol. The second-order valence-electron chi connectivity index (χ2n) is 9.34. The van der Waals surface area contributed by atoms with Gasteiger partial charge < -0.3 is 10.2 Å². The summed E-state index contributed by atoms with van der Waals surface area (Å²) in [5, 5.41) is 3.19. The SMILES string of the molecule is [B]c1ccc2c(c1)C(C)(C)CN(CC(=O)N[C@@H]1CCCN(C3CCC3)C1)C2=O.[HH]. The molecule has 2 fully saturated rings. The van der Waals surface area contributed by atoms with Gasteiger partial charge in [-0.2, -0.15) is 0 Å². The maximum atomic E-state index is 12.9. The smallest absolute Gasteiger partial charge is 0.254 e. The Morgan fingerprint density at radius 2 is 2.07 bits per heavy atom.